The molecule has 0 aliphatic carbocycles. The zero-order valence-electron chi connectivity index (χ0n) is 24.6. The predicted molar refractivity (Wildman–Crippen MR) is 169 cm³/mol. The topological polar surface area (TPSA) is 146 Å². The largest absolute Gasteiger partial charge is 0.335 e. The van der Waals surface area contributed by atoms with E-state index < -0.39 is 21.5 Å². The van der Waals surface area contributed by atoms with Gasteiger partial charge in [-0.1, -0.05) is 19.9 Å². The lowest BCUT2D eigenvalue weighted by molar-refractivity contribution is -0.116. The summed E-state index contributed by atoms with van der Waals surface area (Å²) in [6, 6.07) is 11.1. The molecule has 1 amide bonds. The molecule has 10 nitrogen and oxygen atoms in total. The van der Waals surface area contributed by atoms with Gasteiger partial charge in [-0.3, -0.25) is 14.9 Å². The monoisotopic (exact) mass is 629 g/mol. The molecule has 2 aromatic carbocycles. The first kappa shape index (κ1) is 30.0. The van der Waals surface area contributed by atoms with Crippen LogP contribution in [0, 0.1) is 17.6 Å². The third-order valence-electron chi connectivity index (χ3n) is 7.24. The van der Waals surface area contributed by atoms with E-state index in [0.29, 0.717) is 51.0 Å². The van der Waals surface area contributed by atoms with Gasteiger partial charge < -0.3 is 10.3 Å². The van der Waals surface area contributed by atoms with Crippen LogP contribution >= 0.6 is 0 Å². The van der Waals surface area contributed by atoms with E-state index in [2.05, 4.69) is 35.5 Å². The minimum atomic E-state index is -3.23. The van der Waals surface area contributed by atoms with Crippen molar-refractivity contribution < 1.29 is 22.0 Å². The van der Waals surface area contributed by atoms with Crippen LogP contribution in [0.5, 0.6) is 0 Å². The van der Waals surface area contributed by atoms with E-state index in [0.717, 1.165) is 6.26 Å². The number of hydrogen-bond acceptors (Lipinski definition) is 7. The lowest BCUT2D eigenvalue weighted by Crippen LogP contribution is -2.14. The number of nitrogens with one attached hydrogen (secondary N) is 3. The minimum Gasteiger partial charge on any atom is -0.335 e. The van der Waals surface area contributed by atoms with Gasteiger partial charge in [0, 0.05) is 41.8 Å². The van der Waals surface area contributed by atoms with E-state index in [9.17, 15) is 17.6 Å². The Morgan fingerprint density at radius 3 is 2.62 bits per heavy atom. The van der Waals surface area contributed by atoms with Gasteiger partial charge in [-0.2, -0.15) is 5.10 Å². The standard InChI is InChI=1S/C32H29F2N7O3S/c1-17(2)10-26(42)37-22-14-20(15-35-16-22)23-4-5-25-27(28(23)34)30(41-40-25)32-38-29-24(6-8-36-31(29)39-32)19-11-18(12-21(33)13-19)7-9-45(3,43)44/h4-6,8,11-17H,7,9-10H2,1-3H3,(H,37,42)(H,40,41)(H,36,38,39). The molecule has 0 saturated carbocycles. The number of hydrogen-bond donors (Lipinski definition) is 3. The molecule has 6 rings (SSSR count). The summed E-state index contributed by atoms with van der Waals surface area (Å²) < 4.78 is 54.2. The number of aromatic amines is 2. The number of pyridine rings is 2. The van der Waals surface area contributed by atoms with Crippen molar-refractivity contribution in [2.24, 2.45) is 5.92 Å². The summed E-state index contributed by atoms with van der Waals surface area (Å²) >= 11 is 0. The molecule has 45 heavy (non-hydrogen) atoms. The molecule has 4 heterocycles. The summed E-state index contributed by atoms with van der Waals surface area (Å²) in [6.07, 6.45) is 6.20. The number of H-pyrrole nitrogens is 2. The Kier molecular flexibility index (Phi) is 7.87. The number of carbonyl (C=O) groups is 1. The van der Waals surface area contributed by atoms with E-state index >= 15 is 4.39 Å². The number of aryl methyl sites for hydroxylation is 1. The first-order valence-corrected chi connectivity index (χ1v) is 16.3. The molecule has 0 radical (unpaired) electrons. The zero-order valence-corrected chi connectivity index (χ0v) is 25.5. The molecule has 0 spiro atoms. The third-order valence-corrected chi connectivity index (χ3v) is 8.19. The average molecular weight is 630 g/mol. The highest BCUT2D eigenvalue weighted by Gasteiger charge is 2.21. The van der Waals surface area contributed by atoms with Crippen LogP contribution in [0.3, 0.4) is 0 Å². The number of sulfone groups is 1. The van der Waals surface area contributed by atoms with Gasteiger partial charge in [-0.15, -0.1) is 0 Å². The van der Waals surface area contributed by atoms with E-state index in [-0.39, 0.29) is 46.5 Å². The van der Waals surface area contributed by atoms with Crippen LogP contribution in [0.1, 0.15) is 25.8 Å². The van der Waals surface area contributed by atoms with Crippen LogP contribution in [0.2, 0.25) is 0 Å². The Morgan fingerprint density at radius 2 is 1.84 bits per heavy atom. The number of benzene rings is 2. The van der Waals surface area contributed by atoms with E-state index in [1.165, 1.54) is 30.7 Å². The highest BCUT2D eigenvalue weighted by molar-refractivity contribution is 7.90. The van der Waals surface area contributed by atoms with Crippen LogP contribution in [0.25, 0.3) is 55.8 Å². The Balaban J connectivity index is 1.39. The van der Waals surface area contributed by atoms with Crippen molar-refractivity contribution in [1.82, 2.24) is 30.1 Å². The number of halogens is 2. The van der Waals surface area contributed by atoms with Gasteiger partial charge in [0.25, 0.3) is 0 Å². The Labute approximate surface area is 257 Å². The van der Waals surface area contributed by atoms with Crippen molar-refractivity contribution in [3.05, 3.63) is 78.3 Å². The van der Waals surface area contributed by atoms with Crippen molar-refractivity contribution >= 4 is 43.5 Å². The molecule has 3 N–H and O–H groups in total. The fraction of sp³-hybridized carbons (Fsp3) is 0.219. The van der Waals surface area contributed by atoms with Gasteiger partial charge in [0.05, 0.1) is 34.1 Å². The predicted octanol–water partition coefficient (Wildman–Crippen LogP) is 6.08. The average Bonchev–Trinajstić information content (AvgIpc) is 3.60. The molecule has 6 aromatic rings. The second-order valence-electron chi connectivity index (χ2n) is 11.4. The second-order valence-corrected chi connectivity index (χ2v) is 13.7. The Hall–Kier alpha value is -5.04. The fourth-order valence-electron chi connectivity index (χ4n) is 5.22. The van der Waals surface area contributed by atoms with Crippen molar-refractivity contribution in [3.8, 4) is 33.8 Å². The molecule has 0 saturated heterocycles. The third kappa shape index (κ3) is 6.43. The maximum Gasteiger partial charge on any atom is 0.224 e. The fourth-order valence-corrected chi connectivity index (χ4v) is 5.83. The van der Waals surface area contributed by atoms with Gasteiger partial charge in [0.1, 0.15) is 27.2 Å². The summed E-state index contributed by atoms with van der Waals surface area (Å²) in [5.41, 5.74) is 4.26. The quantitative estimate of drug-likeness (QED) is 0.176. The Bertz CT molecular complexity index is 2190. The van der Waals surface area contributed by atoms with Crippen LogP contribution in [-0.2, 0) is 21.1 Å². The number of anilines is 1. The molecule has 0 bridgehead atoms. The molecule has 4 aromatic heterocycles. The summed E-state index contributed by atoms with van der Waals surface area (Å²) in [4.78, 5) is 28.6. The van der Waals surface area contributed by atoms with Crippen molar-refractivity contribution in [2.45, 2.75) is 26.7 Å². The summed E-state index contributed by atoms with van der Waals surface area (Å²) in [5.74, 6) is -0.900. The smallest absolute Gasteiger partial charge is 0.224 e. The number of rotatable bonds is 9. The van der Waals surface area contributed by atoms with Gasteiger partial charge in [-0.25, -0.2) is 27.2 Å². The normalized spacial score (nSPS) is 12.0. The molecule has 0 fully saturated rings. The lowest BCUT2D eigenvalue weighted by atomic mass is 10.0. The summed E-state index contributed by atoms with van der Waals surface area (Å²) in [7, 11) is -3.23. The number of aromatic nitrogens is 6. The van der Waals surface area contributed by atoms with Gasteiger partial charge in [-0.05, 0) is 59.9 Å². The molecule has 0 aliphatic heterocycles. The maximum atomic E-state index is 16.2. The van der Waals surface area contributed by atoms with E-state index in [1.54, 1.807) is 30.3 Å². The van der Waals surface area contributed by atoms with Crippen LogP contribution in [0.4, 0.5) is 14.5 Å². The Morgan fingerprint density at radius 1 is 1.02 bits per heavy atom. The van der Waals surface area contributed by atoms with Gasteiger partial charge >= 0.3 is 0 Å². The molecule has 13 heteroatoms. The number of nitrogens with zero attached hydrogens (tertiary/aromatic N) is 4. The van der Waals surface area contributed by atoms with E-state index in [1.807, 2.05) is 13.8 Å². The minimum absolute atomic E-state index is 0.108. The van der Waals surface area contributed by atoms with Crippen molar-refractivity contribution in [2.75, 3.05) is 17.3 Å². The lowest BCUT2D eigenvalue weighted by Gasteiger charge is -2.09. The van der Waals surface area contributed by atoms with Gasteiger partial charge in [0.15, 0.2) is 11.5 Å². The highest BCUT2D eigenvalue weighted by Crippen LogP contribution is 2.35. The summed E-state index contributed by atoms with van der Waals surface area (Å²) in [5, 5.41) is 10.2. The van der Waals surface area contributed by atoms with Crippen LogP contribution in [-0.4, -0.2) is 56.5 Å². The second kappa shape index (κ2) is 11.8. The highest BCUT2D eigenvalue weighted by atomic mass is 32.2. The molecule has 0 atom stereocenters. The zero-order chi connectivity index (χ0) is 31.9. The summed E-state index contributed by atoms with van der Waals surface area (Å²) in [6.45, 7) is 3.89. The number of imidazole rings is 1. The molecule has 0 unspecified atom stereocenters. The van der Waals surface area contributed by atoms with E-state index in [4.69, 9.17) is 0 Å². The molecule has 0 aliphatic rings. The van der Waals surface area contributed by atoms with Crippen molar-refractivity contribution in [1.29, 1.82) is 0 Å². The molecular weight excluding hydrogens is 600 g/mol. The SMILES string of the molecule is CC(C)CC(=O)Nc1cncc(-c2ccc3[nH]nc(-c4nc5nccc(-c6cc(F)cc(CCS(C)(=O)=O)c6)c5[nH]4)c3c2F)c1. The molecular formula is C32H29F2N7O3S. The van der Waals surface area contributed by atoms with Crippen LogP contribution < -0.4 is 5.32 Å². The first-order valence-electron chi connectivity index (χ1n) is 14.2. The number of fused-ring (bicyclic) bond motifs is 2. The molecule has 230 valence electrons. The first-order chi connectivity index (χ1) is 21.4. The van der Waals surface area contributed by atoms with Gasteiger partial charge in [0.2, 0.25) is 5.91 Å². The van der Waals surface area contributed by atoms with Crippen LogP contribution in [0.15, 0.2) is 61.1 Å². The number of carbonyl (C=O) groups excluding carboxylic acids is 1. The van der Waals surface area contributed by atoms with Crippen molar-refractivity contribution in [3.63, 3.8) is 0 Å². The maximum absolute atomic E-state index is 16.2. The number of amides is 1.